The minimum absolute atomic E-state index is 0.0615. The van der Waals surface area contributed by atoms with Crippen molar-refractivity contribution in [3.63, 3.8) is 0 Å². The molecule has 0 aliphatic heterocycles. The molecule has 0 spiro atoms. The number of carbonyl (C=O) groups excluding carboxylic acids is 1. The number of rotatable bonds is 5. The molecule has 0 saturated heterocycles. The highest BCUT2D eigenvalue weighted by Crippen LogP contribution is 2.28. The summed E-state index contributed by atoms with van der Waals surface area (Å²) >= 11 is 5.90. The quantitative estimate of drug-likeness (QED) is 0.542. The topological polar surface area (TPSA) is 85.8 Å². The Morgan fingerprint density at radius 3 is 2.69 bits per heavy atom. The minimum atomic E-state index is -0.0615. The molecule has 8 heteroatoms. The van der Waals surface area contributed by atoms with E-state index >= 15 is 0 Å². The number of ketones is 1. The Labute approximate surface area is 153 Å². The number of fused-ring (bicyclic) bond motifs is 1. The number of nitrogens with zero attached hydrogens (tertiary/aromatic N) is 4. The molecule has 130 valence electrons. The molecule has 26 heavy (non-hydrogen) atoms. The Balaban J connectivity index is 1.81. The summed E-state index contributed by atoms with van der Waals surface area (Å²) in [4.78, 5) is 17.4. The zero-order chi connectivity index (χ0) is 18.1. The van der Waals surface area contributed by atoms with Crippen molar-refractivity contribution in [1.29, 1.82) is 0 Å². The summed E-state index contributed by atoms with van der Waals surface area (Å²) in [6.07, 6.45) is 0. The van der Waals surface area contributed by atoms with Crippen LogP contribution in [0.5, 0.6) is 0 Å². The van der Waals surface area contributed by atoms with Gasteiger partial charge in [0.15, 0.2) is 17.3 Å². The fraction of sp³-hybridized carbons (Fsp3) is 0.111. The first-order chi connectivity index (χ1) is 12.7. The lowest BCUT2D eigenvalue weighted by Crippen LogP contribution is -2.12. The van der Waals surface area contributed by atoms with E-state index in [-0.39, 0.29) is 12.3 Å². The summed E-state index contributed by atoms with van der Waals surface area (Å²) in [5.41, 5.74) is 2.61. The van der Waals surface area contributed by atoms with E-state index in [2.05, 4.69) is 20.6 Å². The van der Waals surface area contributed by atoms with E-state index in [0.29, 0.717) is 27.9 Å². The summed E-state index contributed by atoms with van der Waals surface area (Å²) in [7, 11) is 1.72. The SMILES string of the molecule is CNc1nonc1-c1nc2ccccc2n1CC(=O)c1ccc(Cl)cc1. The number of hydrogen-bond acceptors (Lipinski definition) is 6. The summed E-state index contributed by atoms with van der Waals surface area (Å²) in [5, 5.41) is 11.3. The van der Waals surface area contributed by atoms with E-state index in [1.165, 1.54) is 0 Å². The van der Waals surface area contributed by atoms with Crippen molar-refractivity contribution >= 4 is 34.2 Å². The van der Waals surface area contributed by atoms with Gasteiger partial charge in [0.25, 0.3) is 0 Å². The van der Waals surface area contributed by atoms with Gasteiger partial charge in [-0.2, -0.15) is 0 Å². The number of anilines is 1. The Bertz CT molecular complexity index is 1080. The highest BCUT2D eigenvalue weighted by Gasteiger charge is 2.21. The fourth-order valence-electron chi connectivity index (χ4n) is 2.79. The molecule has 0 saturated carbocycles. The van der Waals surface area contributed by atoms with Gasteiger partial charge in [0, 0.05) is 17.6 Å². The molecule has 0 aliphatic carbocycles. The van der Waals surface area contributed by atoms with Crippen molar-refractivity contribution in [2.75, 3.05) is 12.4 Å². The van der Waals surface area contributed by atoms with Crippen LogP contribution in [0.2, 0.25) is 5.02 Å². The number of nitrogens with one attached hydrogen (secondary N) is 1. The highest BCUT2D eigenvalue weighted by molar-refractivity contribution is 6.30. The maximum atomic E-state index is 12.8. The lowest BCUT2D eigenvalue weighted by molar-refractivity contribution is 0.0974. The average molecular weight is 368 g/mol. The average Bonchev–Trinajstić information content (AvgIpc) is 3.26. The highest BCUT2D eigenvalue weighted by atomic mass is 35.5. The third kappa shape index (κ3) is 2.82. The molecule has 2 aromatic heterocycles. The smallest absolute Gasteiger partial charge is 0.201 e. The van der Waals surface area contributed by atoms with Gasteiger partial charge in [-0.25, -0.2) is 9.61 Å². The van der Waals surface area contributed by atoms with Gasteiger partial charge >= 0.3 is 0 Å². The largest absolute Gasteiger partial charge is 0.368 e. The van der Waals surface area contributed by atoms with Crippen molar-refractivity contribution in [3.05, 3.63) is 59.1 Å². The maximum absolute atomic E-state index is 12.8. The van der Waals surface area contributed by atoms with Gasteiger partial charge in [-0.15, -0.1) is 0 Å². The molecule has 1 N–H and O–H groups in total. The van der Waals surface area contributed by atoms with E-state index in [1.54, 1.807) is 31.3 Å². The number of halogens is 1. The normalized spacial score (nSPS) is 11.0. The minimum Gasteiger partial charge on any atom is -0.368 e. The molecule has 0 radical (unpaired) electrons. The van der Waals surface area contributed by atoms with Gasteiger partial charge in [-0.3, -0.25) is 4.79 Å². The molecule has 2 heterocycles. The van der Waals surface area contributed by atoms with Gasteiger partial charge in [0.05, 0.1) is 17.6 Å². The van der Waals surface area contributed by atoms with Crippen LogP contribution in [-0.2, 0) is 6.54 Å². The summed E-state index contributed by atoms with van der Waals surface area (Å²) in [6.45, 7) is 0.105. The molecule has 0 unspecified atom stereocenters. The number of Topliss-reactive ketones (excluding diaryl/α,β-unsaturated/α-hetero) is 1. The molecule has 0 fully saturated rings. The second-order valence-electron chi connectivity index (χ2n) is 5.65. The van der Waals surface area contributed by atoms with Crippen LogP contribution >= 0.6 is 11.6 Å². The van der Waals surface area contributed by atoms with E-state index in [0.717, 1.165) is 11.0 Å². The van der Waals surface area contributed by atoms with E-state index < -0.39 is 0 Å². The lowest BCUT2D eigenvalue weighted by Gasteiger charge is -2.08. The lowest BCUT2D eigenvalue weighted by atomic mass is 10.1. The molecule has 0 aliphatic rings. The van der Waals surface area contributed by atoms with Crippen LogP contribution < -0.4 is 5.32 Å². The van der Waals surface area contributed by atoms with Crippen LogP contribution in [0.15, 0.2) is 53.2 Å². The molecule has 0 amide bonds. The Morgan fingerprint density at radius 1 is 1.15 bits per heavy atom. The molecule has 2 aromatic carbocycles. The first kappa shape index (κ1) is 16.3. The van der Waals surface area contributed by atoms with E-state index in [4.69, 9.17) is 16.2 Å². The molecule has 0 bridgehead atoms. The number of benzene rings is 2. The molecular formula is C18H14ClN5O2. The number of hydrogen-bond donors (Lipinski definition) is 1. The summed E-state index contributed by atoms with van der Waals surface area (Å²) < 4.78 is 6.64. The Hall–Kier alpha value is -3.19. The third-order valence-corrected chi connectivity index (χ3v) is 4.31. The predicted octanol–water partition coefficient (Wildman–Crippen LogP) is 3.66. The van der Waals surface area contributed by atoms with E-state index in [9.17, 15) is 4.79 Å². The molecule has 0 atom stereocenters. The monoisotopic (exact) mass is 367 g/mol. The summed E-state index contributed by atoms with van der Waals surface area (Å²) in [5.74, 6) is 0.910. The van der Waals surface area contributed by atoms with Gasteiger partial charge in [-0.1, -0.05) is 23.7 Å². The summed E-state index contributed by atoms with van der Waals surface area (Å²) in [6, 6.07) is 14.4. The molecule has 4 rings (SSSR count). The maximum Gasteiger partial charge on any atom is 0.201 e. The van der Waals surface area contributed by atoms with Crippen molar-refractivity contribution in [2.45, 2.75) is 6.54 Å². The van der Waals surface area contributed by atoms with Crippen LogP contribution in [0, 0.1) is 0 Å². The van der Waals surface area contributed by atoms with Gasteiger partial charge in [0.2, 0.25) is 5.82 Å². The second-order valence-corrected chi connectivity index (χ2v) is 6.09. The van der Waals surface area contributed by atoms with Crippen LogP contribution in [0.25, 0.3) is 22.6 Å². The second kappa shape index (κ2) is 6.61. The van der Waals surface area contributed by atoms with Gasteiger partial charge in [-0.05, 0) is 46.7 Å². The van der Waals surface area contributed by atoms with Crippen molar-refractivity contribution in [3.8, 4) is 11.5 Å². The third-order valence-electron chi connectivity index (χ3n) is 4.06. The zero-order valence-electron chi connectivity index (χ0n) is 13.8. The molecule has 7 nitrogen and oxygen atoms in total. The zero-order valence-corrected chi connectivity index (χ0v) is 14.6. The number of carbonyl (C=O) groups is 1. The van der Waals surface area contributed by atoms with Crippen LogP contribution in [-0.4, -0.2) is 32.7 Å². The number of para-hydroxylation sites is 2. The number of aromatic nitrogens is 4. The number of imidazole rings is 1. The van der Waals surface area contributed by atoms with Crippen LogP contribution in [0.3, 0.4) is 0 Å². The van der Waals surface area contributed by atoms with Gasteiger partial charge < -0.3 is 9.88 Å². The van der Waals surface area contributed by atoms with E-state index in [1.807, 2.05) is 28.8 Å². The predicted molar refractivity (Wildman–Crippen MR) is 98.4 cm³/mol. The van der Waals surface area contributed by atoms with Crippen molar-refractivity contribution in [2.24, 2.45) is 0 Å². The Kier molecular flexibility index (Phi) is 4.14. The van der Waals surface area contributed by atoms with Crippen LogP contribution in [0.1, 0.15) is 10.4 Å². The molecule has 4 aromatic rings. The fourth-order valence-corrected chi connectivity index (χ4v) is 2.91. The Morgan fingerprint density at radius 2 is 1.92 bits per heavy atom. The standard InChI is InChI=1S/C18H14ClN5O2/c1-20-17-16(22-26-23-17)18-21-13-4-2-3-5-14(13)24(18)10-15(25)11-6-8-12(19)9-7-11/h2-9H,10H2,1H3,(H,20,23). The molecular weight excluding hydrogens is 354 g/mol. The van der Waals surface area contributed by atoms with Gasteiger partial charge in [0.1, 0.15) is 0 Å². The van der Waals surface area contributed by atoms with Crippen molar-refractivity contribution < 1.29 is 9.42 Å². The first-order valence-corrected chi connectivity index (χ1v) is 8.30. The first-order valence-electron chi connectivity index (χ1n) is 7.92. The van der Waals surface area contributed by atoms with Crippen molar-refractivity contribution in [1.82, 2.24) is 19.9 Å². The van der Waals surface area contributed by atoms with Crippen LogP contribution in [0.4, 0.5) is 5.82 Å².